The number of benzene rings is 1. The minimum absolute atomic E-state index is 0. The summed E-state index contributed by atoms with van der Waals surface area (Å²) in [5.41, 5.74) is 0.862. The van der Waals surface area contributed by atoms with Gasteiger partial charge in [0, 0.05) is 25.2 Å². The number of nitrogens with one attached hydrogen (secondary N) is 2. The van der Waals surface area contributed by atoms with E-state index in [9.17, 15) is 9.59 Å². The molecule has 1 aromatic rings. The summed E-state index contributed by atoms with van der Waals surface area (Å²) in [5.74, 6) is 0.594. The molecular weight excluding hydrogens is 361 g/mol. The largest absolute Gasteiger partial charge is 0.358 e. The number of rotatable bonds is 6. The lowest BCUT2D eigenvalue weighted by Gasteiger charge is -2.31. The topological polar surface area (TPSA) is 61.4 Å². The fourth-order valence-electron chi connectivity index (χ4n) is 3.34. The van der Waals surface area contributed by atoms with Gasteiger partial charge in [0.25, 0.3) is 0 Å². The van der Waals surface area contributed by atoms with Gasteiger partial charge in [0.15, 0.2) is 0 Å². The van der Waals surface area contributed by atoms with Crippen LogP contribution in [0.15, 0.2) is 24.3 Å². The molecule has 0 unspecified atom stereocenters. The molecule has 25 heavy (non-hydrogen) atoms. The van der Waals surface area contributed by atoms with Crippen molar-refractivity contribution in [1.29, 1.82) is 0 Å². The van der Waals surface area contributed by atoms with E-state index in [0.717, 1.165) is 31.5 Å². The van der Waals surface area contributed by atoms with Crippen molar-refractivity contribution in [1.82, 2.24) is 15.5 Å². The Morgan fingerprint density at radius 2 is 1.92 bits per heavy atom. The molecule has 7 heteroatoms. The van der Waals surface area contributed by atoms with Crippen molar-refractivity contribution in [3.05, 3.63) is 34.9 Å². The van der Waals surface area contributed by atoms with Crippen LogP contribution < -0.4 is 10.6 Å². The van der Waals surface area contributed by atoms with Gasteiger partial charge in [0.05, 0.1) is 6.04 Å². The van der Waals surface area contributed by atoms with E-state index in [4.69, 9.17) is 11.6 Å². The Bertz CT molecular complexity index is 605. The van der Waals surface area contributed by atoms with Crippen molar-refractivity contribution < 1.29 is 9.59 Å². The number of amides is 2. The second kappa shape index (κ2) is 8.88. The molecule has 2 N–H and O–H groups in total. The summed E-state index contributed by atoms with van der Waals surface area (Å²) in [7, 11) is 1.63. The Morgan fingerprint density at radius 1 is 1.24 bits per heavy atom. The predicted octanol–water partition coefficient (Wildman–Crippen LogP) is 2.54. The average molecular weight is 386 g/mol. The Kier molecular flexibility index (Phi) is 7.11. The molecule has 1 aromatic carbocycles. The lowest BCUT2D eigenvalue weighted by Crippen LogP contribution is -2.48. The zero-order valence-electron chi connectivity index (χ0n) is 14.3. The number of hydrogen-bond donors (Lipinski definition) is 2. The van der Waals surface area contributed by atoms with Crippen LogP contribution in [0.5, 0.6) is 0 Å². The summed E-state index contributed by atoms with van der Waals surface area (Å²) in [4.78, 5) is 27.1. The van der Waals surface area contributed by atoms with Crippen LogP contribution >= 0.6 is 24.0 Å². The number of carbonyl (C=O) groups is 2. The third kappa shape index (κ3) is 4.87. The Morgan fingerprint density at radius 3 is 2.52 bits per heavy atom. The molecule has 138 valence electrons. The quantitative estimate of drug-likeness (QED) is 0.790. The Balaban J connectivity index is 0.00000225. The van der Waals surface area contributed by atoms with Gasteiger partial charge in [-0.2, -0.15) is 0 Å². The number of hydrogen-bond acceptors (Lipinski definition) is 3. The number of carbonyl (C=O) groups excluding carboxylic acids is 2. The molecule has 1 saturated carbocycles. The highest BCUT2D eigenvalue weighted by Crippen LogP contribution is 2.31. The summed E-state index contributed by atoms with van der Waals surface area (Å²) in [5, 5.41) is 6.42. The highest BCUT2D eigenvalue weighted by atomic mass is 35.5. The average Bonchev–Trinajstić information content (AvgIpc) is 3.30. The molecule has 1 aliphatic carbocycles. The van der Waals surface area contributed by atoms with E-state index in [-0.39, 0.29) is 30.3 Å². The van der Waals surface area contributed by atoms with Crippen molar-refractivity contribution in [3.8, 4) is 0 Å². The van der Waals surface area contributed by atoms with E-state index in [0.29, 0.717) is 10.9 Å². The second-order valence-electron chi connectivity index (χ2n) is 6.65. The molecule has 1 heterocycles. The molecule has 2 fully saturated rings. The van der Waals surface area contributed by atoms with Gasteiger partial charge >= 0.3 is 0 Å². The van der Waals surface area contributed by atoms with E-state index in [1.54, 1.807) is 19.2 Å². The van der Waals surface area contributed by atoms with Crippen LogP contribution in [0.25, 0.3) is 0 Å². The zero-order chi connectivity index (χ0) is 17.1. The van der Waals surface area contributed by atoms with Crippen molar-refractivity contribution in [2.75, 3.05) is 20.1 Å². The van der Waals surface area contributed by atoms with Crippen molar-refractivity contribution in [2.24, 2.45) is 5.92 Å². The first-order chi connectivity index (χ1) is 11.6. The van der Waals surface area contributed by atoms with Gasteiger partial charge in [-0.1, -0.05) is 23.7 Å². The van der Waals surface area contributed by atoms with E-state index < -0.39 is 6.04 Å². The normalized spacial score (nSPS) is 21.3. The van der Waals surface area contributed by atoms with Crippen LogP contribution in [0.2, 0.25) is 5.02 Å². The summed E-state index contributed by atoms with van der Waals surface area (Å²) in [6.07, 6.45) is 4.13. The number of likely N-dealkylation sites (tertiary alicyclic amines) is 1. The monoisotopic (exact) mass is 385 g/mol. The van der Waals surface area contributed by atoms with E-state index in [1.165, 1.54) is 12.8 Å². The summed E-state index contributed by atoms with van der Waals surface area (Å²) >= 11 is 5.97. The number of likely N-dealkylation sites (N-methyl/N-ethyl adjacent to an activating group) is 1. The van der Waals surface area contributed by atoms with Gasteiger partial charge in [0.2, 0.25) is 11.8 Å². The fourth-order valence-corrected chi connectivity index (χ4v) is 3.47. The van der Waals surface area contributed by atoms with Crippen LogP contribution in [0.4, 0.5) is 0 Å². The van der Waals surface area contributed by atoms with Gasteiger partial charge in [-0.25, -0.2) is 0 Å². The highest BCUT2D eigenvalue weighted by Gasteiger charge is 2.39. The third-order valence-corrected chi connectivity index (χ3v) is 5.12. The molecule has 1 aliphatic heterocycles. The minimum Gasteiger partial charge on any atom is -0.358 e. The SMILES string of the molecule is CNC(=O)[C@@H](c1ccc(Cl)cc1)N1CCC[C@H]1C(=O)NCC1CC1.Cl. The second-order valence-corrected chi connectivity index (χ2v) is 7.09. The molecular formula is C18H25Cl2N3O2. The molecule has 2 amide bonds. The molecule has 2 atom stereocenters. The molecule has 2 aliphatic rings. The summed E-state index contributed by atoms with van der Waals surface area (Å²) in [6, 6.07) is 6.57. The zero-order valence-corrected chi connectivity index (χ0v) is 15.9. The van der Waals surface area contributed by atoms with Crippen molar-refractivity contribution in [2.45, 2.75) is 37.8 Å². The van der Waals surface area contributed by atoms with E-state index in [1.807, 2.05) is 17.0 Å². The standard InChI is InChI=1S/C18H24ClN3O2.ClH/c1-20-18(24)16(13-6-8-14(19)9-7-13)22-10-2-3-15(22)17(23)21-11-12-4-5-12;/h6-9,12,15-16H,2-5,10-11H2,1H3,(H,20,24)(H,21,23);1H/t15-,16+;/m0./s1. The molecule has 1 saturated heterocycles. The lowest BCUT2D eigenvalue weighted by molar-refractivity contribution is -0.131. The molecule has 0 aromatic heterocycles. The van der Waals surface area contributed by atoms with Gasteiger partial charge in [-0.05, 0) is 49.3 Å². The van der Waals surface area contributed by atoms with E-state index >= 15 is 0 Å². The van der Waals surface area contributed by atoms with Gasteiger partial charge in [-0.3, -0.25) is 14.5 Å². The Labute approximate surface area is 159 Å². The van der Waals surface area contributed by atoms with Crippen LogP contribution in [0, 0.1) is 5.92 Å². The molecule has 5 nitrogen and oxygen atoms in total. The highest BCUT2D eigenvalue weighted by molar-refractivity contribution is 6.30. The lowest BCUT2D eigenvalue weighted by atomic mass is 10.0. The van der Waals surface area contributed by atoms with Gasteiger partial charge in [-0.15, -0.1) is 12.4 Å². The first-order valence-corrected chi connectivity index (χ1v) is 8.98. The van der Waals surface area contributed by atoms with Crippen molar-refractivity contribution >= 4 is 35.8 Å². The van der Waals surface area contributed by atoms with E-state index in [2.05, 4.69) is 10.6 Å². The summed E-state index contributed by atoms with van der Waals surface area (Å²) < 4.78 is 0. The number of nitrogens with zero attached hydrogens (tertiary/aromatic N) is 1. The van der Waals surface area contributed by atoms with Gasteiger partial charge in [0.1, 0.15) is 6.04 Å². The van der Waals surface area contributed by atoms with Crippen LogP contribution in [0.1, 0.15) is 37.3 Å². The van der Waals surface area contributed by atoms with Gasteiger partial charge < -0.3 is 10.6 Å². The van der Waals surface area contributed by atoms with Crippen molar-refractivity contribution in [3.63, 3.8) is 0 Å². The minimum atomic E-state index is -0.466. The molecule has 0 radical (unpaired) electrons. The molecule has 0 spiro atoms. The smallest absolute Gasteiger partial charge is 0.241 e. The fraction of sp³-hybridized carbons (Fsp3) is 0.556. The van der Waals surface area contributed by atoms with Crippen LogP contribution in [-0.2, 0) is 9.59 Å². The summed E-state index contributed by atoms with van der Waals surface area (Å²) in [6.45, 7) is 1.50. The maximum Gasteiger partial charge on any atom is 0.241 e. The van der Waals surface area contributed by atoms with Crippen LogP contribution in [-0.4, -0.2) is 42.9 Å². The maximum absolute atomic E-state index is 12.6. The first kappa shape index (κ1) is 20.0. The first-order valence-electron chi connectivity index (χ1n) is 8.60. The predicted molar refractivity (Wildman–Crippen MR) is 101 cm³/mol. The Hall–Kier alpha value is -1.30. The molecule has 0 bridgehead atoms. The molecule has 3 rings (SSSR count). The maximum atomic E-state index is 12.6. The number of halogens is 2. The third-order valence-electron chi connectivity index (χ3n) is 4.87. The van der Waals surface area contributed by atoms with Crippen LogP contribution in [0.3, 0.4) is 0 Å².